The van der Waals surface area contributed by atoms with Crippen molar-refractivity contribution < 1.29 is 4.79 Å². The minimum absolute atomic E-state index is 0.222. The van der Waals surface area contributed by atoms with Crippen LogP contribution in [0.3, 0.4) is 0 Å². The first kappa shape index (κ1) is 17.5. The first-order chi connectivity index (χ1) is 12.3. The van der Waals surface area contributed by atoms with Crippen molar-refractivity contribution >= 4 is 23.2 Å². The minimum atomic E-state index is 0.222. The number of hydrogen-bond acceptors (Lipinski definition) is 3. The van der Waals surface area contributed by atoms with Gasteiger partial charge in [-0.2, -0.15) is 0 Å². The van der Waals surface area contributed by atoms with Gasteiger partial charge in [-0.25, -0.2) is 0 Å². The fourth-order valence-electron chi connectivity index (χ4n) is 2.92. The third-order valence-electron chi connectivity index (χ3n) is 4.29. The second-order valence-corrected chi connectivity index (χ2v) is 7.09. The highest BCUT2D eigenvalue weighted by molar-refractivity contribution is 7.09. The third kappa shape index (κ3) is 4.82. The van der Waals surface area contributed by atoms with Crippen molar-refractivity contribution in [2.45, 2.75) is 32.5 Å². The molecule has 6 heteroatoms. The van der Waals surface area contributed by atoms with E-state index in [9.17, 15) is 4.79 Å². The third-order valence-corrected chi connectivity index (χ3v) is 5.16. The predicted octanol–water partition coefficient (Wildman–Crippen LogP) is 2.74. The summed E-state index contributed by atoms with van der Waals surface area (Å²) in [6.45, 7) is 2.98. The van der Waals surface area contributed by atoms with Gasteiger partial charge in [-0.1, -0.05) is 30.3 Å². The van der Waals surface area contributed by atoms with Crippen LogP contribution in [0.15, 0.2) is 46.8 Å². The van der Waals surface area contributed by atoms with Gasteiger partial charge in [0.2, 0.25) is 5.91 Å². The summed E-state index contributed by atoms with van der Waals surface area (Å²) in [5.74, 6) is 0.994. The van der Waals surface area contributed by atoms with Gasteiger partial charge < -0.3 is 15.5 Å². The van der Waals surface area contributed by atoms with E-state index in [1.807, 2.05) is 23.1 Å². The Bertz CT molecular complexity index is 702. The number of amides is 1. The van der Waals surface area contributed by atoms with Gasteiger partial charge in [0, 0.05) is 38.0 Å². The normalized spacial score (nSPS) is 13.6. The molecule has 0 radical (unpaired) electrons. The Hall–Kier alpha value is -2.34. The van der Waals surface area contributed by atoms with Crippen LogP contribution in [0.2, 0.25) is 0 Å². The molecular weight excluding hydrogens is 332 g/mol. The molecule has 0 bridgehead atoms. The summed E-state index contributed by atoms with van der Waals surface area (Å²) in [6.07, 6.45) is 1.36. The van der Waals surface area contributed by atoms with E-state index in [1.165, 1.54) is 16.0 Å². The largest absolute Gasteiger partial charge is 0.356 e. The zero-order valence-corrected chi connectivity index (χ0v) is 15.3. The number of benzene rings is 1. The van der Waals surface area contributed by atoms with E-state index in [0.717, 1.165) is 38.6 Å². The van der Waals surface area contributed by atoms with E-state index in [1.54, 1.807) is 18.4 Å². The molecule has 25 heavy (non-hydrogen) atoms. The van der Waals surface area contributed by atoms with Crippen LogP contribution in [0.5, 0.6) is 0 Å². The number of fused-ring (bicyclic) bond motifs is 1. The maximum absolute atomic E-state index is 12.4. The second kappa shape index (κ2) is 8.67. The van der Waals surface area contributed by atoms with E-state index in [-0.39, 0.29) is 5.91 Å². The number of nitrogens with zero attached hydrogens (tertiary/aromatic N) is 2. The standard InChI is InChI=1S/C19H24N4OS/c1-20-19(22-12-17-8-5-11-25-17)21-10-4-9-18(24)23-13-15-6-2-3-7-16(15)14-23/h2-3,5-8,11H,4,9-10,12-14H2,1H3,(H2,20,21,22). The molecule has 132 valence electrons. The van der Waals surface area contributed by atoms with Crippen molar-refractivity contribution in [3.05, 3.63) is 57.8 Å². The number of nitrogens with one attached hydrogen (secondary N) is 2. The summed E-state index contributed by atoms with van der Waals surface area (Å²) in [5.41, 5.74) is 2.54. The van der Waals surface area contributed by atoms with Crippen LogP contribution in [0.25, 0.3) is 0 Å². The topological polar surface area (TPSA) is 56.7 Å². The van der Waals surface area contributed by atoms with E-state index < -0.39 is 0 Å². The van der Waals surface area contributed by atoms with Crippen LogP contribution in [0, 0.1) is 0 Å². The molecule has 0 atom stereocenters. The first-order valence-electron chi connectivity index (χ1n) is 8.57. The number of carbonyl (C=O) groups excluding carboxylic acids is 1. The fourth-order valence-corrected chi connectivity index (χ4v) is 3.56. The molecule has 1 amide bonds. The molecule has 0 saturated carbocycles. The molecule has 1 aliphatic rings. The zero-order valence-electron chi connectivity index (χ0n) is 14.5. The lowest BCUT2D eigenvalue weighted by atomic mass is 10.1. The van der Waals surface area contributed by atoms with Gasteiger partial charge in [0.1, 0.15) is 0 Å². The molecule has 5 nitrogen and oxygen atoms in total. The number of rotatable bonds is 6. The number of guanidine groups is 1. The Balaban J connectivity index is 1.34. The van der Waals surface area contributed by atoms with Crippen molar-refractivity contribution in [1.82, 2.24) is 15.5 Å². The monoisotopic (exact) mass is 356 g/mol. The Morgan fingerprint density at radius 1 is 1.16 bits per heavy atom. The molecule has 1 aliphatic heterocycles. The first-order valence-corrected chi connectivity index (χ1v) is 9.45. The lowest BCUT2D eigenvalue weighted by Gasteiger charge is -2.16. The predicted molar refractivity (Wildman–Crippen MR) is 102 cm³/mol. The second-order valence-electron chi connectivity index (χ2n) is 6.05. The number of aliphatic imine (C=N–C) groups is 1. The Kier molecular flexibility index (Phi) is 6.06. The molecule has 2 heterocycles. The van der Waals surface area contributed by atoms with Gasteiger partial charge in [-0.3, -0.25) is 9.79 Å². The van der Waals surface area contributed by atoms with Crippen molar-refractivity contribution in [2.75, 3.05) is 13.6 Å². The summed E-state index contributed by atoms with van der Waals surface area (Å²) in [7, 11) is 1.76. The molecule has 3 rings (SSSR count). The molecule has 0 unspecified atom stereocenters. The summed E-state index contributed by atoms with van der Waals surface area (Å²) in [5, 5.41) is 8.61. The molecular formula is C19H24N4OS. The molecule has 0 saturated heterocycles. The number of thiophene rings is 1. The summed E-state index contributed by atoms with van der Waals surface area (Å²) >= 11 is 1.72. The van der Waals surface area contributed by atoms with Crippen LogP contribution in [0.4, 0.5) is 0 Å². The summed E-state index contributed by atoms with van der Waals surface area (Å²) in [4.78, 5) is 19.8. The van der Waals surface area contributed by atoms with Gasteiger partial charge in [0.05, 0.1) is 6.54 Å². The highest BCUT2D eigenvalue weighted by Crippen LogP contribution is 2.22. The van der Waals surface area contributed by atoms with E-state index in [2.05, 4.69) is 39.2 Å². The maximum atomic E-state index is 12.4. The average molecular weight is 356 g/mol. The summed E-state index contributed by atoms with van der Waals surface area (Å²) < 4.78 is 0. The van der Waals surface area contributed by atoms with E-state index in [0.29, 0.717) is 6.42 Å². The van der Waals surface area contributed by atoms with Crippen molar-refractivity contribution in [2.24, 2.45) is 4.99 Å². The molecule has 2 N–H and O–H groups in total. The molecule has 0 fully saturated rings. The zero-order chi connectivity index (χ0) is 17.5. The van der Waals surface area contributed by atoms with E-state index in [4.69, 9.17) is 0 Å². The fraction of sp³-hybridized carbons (Fsp3) is 0.368. The van der Waals surface area contributed by atoms with Crippen LogP contribution < -0.4 is 10.6 Å². The lowest BCUT2D eigenvalue weighted by Crippen LogP contribution is -2.37. The van der Waals surface area contributed by atoms with E-state index >= 15 is 0 Å². The van der Waals surface area contributed by atoms with Gasteiger partial charge in [0.15, 0.2) is 5.96 Å². The molecule has 2 aromatic rings. The minimum Gasteiger partial charge on any atom is -0.356 e. The Labute approximate surface area is 152 Å². The van der Waals surface area contributed by atoms with Gasteiger partial charge in [-0.15, -0.1) is 11.3 Å². The molecule has 0 aliphatic carbocycles. The molecule has 1 aromatic heterocycles. The Morgan fingerprint density at radius 2 is 1.92 bits per heavy atom. The lowest BCUT2D eigenvalue weighted by molar-refractivity contribution is -0.131. The van der Waals surface area contributed by atoms with Gasteiger partial charge in [-0.05, 0) is 29.0 Å². The number of carbonyl (C=O) groups is 1. The Morgan fingerprint density at radius 3 is 2.56 bits per heavy atom. The van der Waals surface area contributed by atoms with Crippen LogP contribution in [0.1, 0.15) is 28.8 Å². The van der Waals surface area contributed by atoms with Gasteiger partial charge in [0.25, 0.3) is 0 Å². The smallest absolute Gasteiger partial charge is 0.223 e. The van der Waals surface area contributed by atoms with Crippen molar-refractivity contribution in [3.63, 3.8) is 0 Å². The number of hydrogen-bond donors (Lipinski definition) is 2. The molecule has 0 spiro atoms. The van der Waals surface area contributed by atoms with Crippen LogP contribution >= 0.6 is 11.3 Å². The highest BCUT2D eigenvalue weighted by Gasteiger charge is 2.22. The van der Waals surface area contributed by atoms with Crippen LogP contribution in [-0.2, 0) is 24.4 Å². The summed E-state index contributed by atoms with van der Waals surface area (Å²) in [6, 6.07) is 12.4. The SMILES string of the molecule is CN=C(NCCCC(=O)N1Cc2ccccc2C1)NCc1cccs1. The van der Waals surface area contributed by atoms with Crippen molar-refractivity contribution in [1.29, 1.82) is 0 Å². The molecule has 1 aromatic carbocycles. The highest BCUT2D eigenvalue weighted by atomic mass is 32.1. The maximum Gasteiger partial charge on any atom is 0.223 e. The van der Waals surface area contributed by atoms with Gasteiger partial charge >= 0.3 is 0 Å². The van der Waals surface area contributed by atoms with Crippen molar-refractivity contribution in [3.8, 4) is 0 Å². The quantitative estimate of drug-likeness (QED) is 0.475. The van der Waals surface area contributed by atoms with Crippen LogP contribution in [-0.4, -0.2) is 30.4 Å². The average Bonchev–Trinajstić information content (AvgIpc) is 3.30.